The Balaban J connectivity index is 5.73. The topological polar surface area (TPSA) is 71.1 Å². The lowest BCUT2D eigenvalue weighted by atomic mass is 10.1. The van der Waals surface area contributed by atoms with E-state index >= 15 is 0 Å². The van der Waals surface area contributed by atoms with E-state index < -0.39 is 20.6 Å². The van der Waals surface area contributed by atoms with Gasteiger partial charge in [-0.3, -0.25) is 9.13 Å². The summed E-state index contributed by atoms with van der Waals surface area (Å²) in [6.07, 6.45) is 6.16. The molecule has 27 heavy (non-hydrogen) atoms. The molecule has 0 saturated carbocycles. The van der Waals surface area contributed by atoms with Crippen LogP contribution in [-0.4, -0.2) is 31.8 Å². The molecule has 0 spiro atoms. The van der Waals surface area contributed by atoms with Crippen molar-refractivity contribution in [1.29, 1.82) is 0 Å². The molecule has 0 aromatic carbocycles. The van der Waals surface area contributed by atoms with Crippen LogP contribution in [0.3, 0.4) is 0 Å². The van der Waals surface area contributed by atoms with E-state index in [0.717, 1.165) is 18.4 Å². The van der Waals surface area contributed by atoms with E-state index in [-0.39, 0.29) is 32.8 Å². The molecular formula is C19H38O6P2. The highest BCUT2D eigenvalue weighted by molar-refractivity contribution is 7.72. The maximum absolute atomic E-state index is 13.4. The average molecular weight is 424 g/mol. The molecule has 0 amide bonds. The molecular weight excluding hydrogens is 386 g/mol. The molecule has 0 aromatic heterocycles. The van der Waals surface area contributed by atoms with Gasteiger partial charge in [0.15, 0.2) is 5.40 Å². The molecule has 8 heteroatoms. The Kier molecular flexibility index (Phi) is 13.8. The molecule has 0 bridgehead atoms. The van der Waals surface area contributed by atoms with Crippen molar-refractivity contribution in [1.82, 2.24) is 0 Å². The van der Waals surface area contributed by atoms with Crippen LogP contribution in [0.5, 0.6) is 0 Å². The Morgan fingerprint density at radius 3 is 1.52 bits per heavy atom. The Hall–Kier alpha value is -0.220. The van der Waals surface area contributed by atoms with E-state index in [2.05, 4.69) is 19.9 Å². The fourth-order valence-corrected chi connectivity index (χ4v) is 7.76. The molecule has 0 atom stereocenters. The molecule has 6 nitrogen and oxygen atoms in total. The molecule has 0 aromatic rings. The first kappa shape index (κ1) is 26.8. The predicted octanol–water partition coefficient (Wildman–Crippen LogP) is 6.93. The summed E-state index contributed by atoms with van der Waals surface area (Å²) < 4.78 is 48.7. The zero-order valence-electron chi connectivity index (χ0n) is 18.0. The molecule has 0 aliphatic rings. The lowest BCUT2D eigenvalue weighted by Gasteiger charge is -2.30. The fraction of sp³-hybridized carbons (Fsp3) is 0.789. The third kappa shape index (κ3) is 9.69. The lowest BCUT2D eigenvalue weighted by molar-refractivity contribution is 0.195. The quantitative estimate of drug-likeness (QED) is 0.210. The van der Waals surface area contributed by atoms with Crippen LogP contribution in [0.15, 0.2) is 23.3 Å². The summed E-state index contributed by atoms with van der Waals surface area (Å²) >= 11 is 0. The van der Waals surface area contributed by atoms with Crippen molar-refractivity contribution in [3.63, 3.8) is 0 Å². The molecule has 0 rings (SSSR count). The van der Waals surface area contributed by atoms with Gasteiger partial charge in [0.1, 0.15) is 0 Å². The van der Waals surface area contributed by atoms with Gasteiger partial charge in [-0.15, -0.1) is 0 Å². The third-order valence-electron chi connectivity index (χ3n) is 3.73. The second-order valence-corrected chi connectivity index (χ2v) is 11.2. The van der Waals surface area contributed by atoms with Gasteiger partial charge in [-0.1, -0.05) is 23.3 Å². The normalized spacial score (nSPS) is 13.3. The Morgan fingerprint density at radius 2 is 1.19 bits per heavy atom. The van der Waals surface area contributed by atoms with Crippen molar-refractivity contribution in [3.8, 4) is 0 Å². The lowest BCUT2D eigenvalue weighted by Crippen LogP contribution is -2.17. The van der Waals surface area contributed by atoms with E-state index in [1.54, 1.807) is 27.7 Å². The van der Waals surface area contributed by atoms with Gasteiger partial charge < -0.3 is 18.1 Å². The molecule has 0 N–H and O–H groups in total. The summed E-state index contributed by atoms with van der Waals surface area (Å²) in [6, 6.07) is 0. The van der Waals surface area contributed by atoms with Crippen molar-refractivity contribution in [2.24, 2.45) is 0 Å². The molecule has 0 aliphatic carbocycles. The van der Waals surface area contributed by atoms with Crippen LogP contribution in [-0.2, 0) is 27.2 Å². The minimum atomic E-state index is -3.68. The minimum Gasteiger partial charge on any atom is -0.308 e. The van der Waals surface area contributed by atoms with Crippen LogP contribution in [0.2, 0.25) is 0 Å². The van der Waals surface area contributed by atoms with Crippen LogP contribution in [0.25, 0.3) is 0 Å². The predicted molar refractivity (Wildman–Crippen MR) is 113 cm³/mol. The zero-order chi connectivity index (χ0) is 20.9. The average Bonchev–Trinajstić information content (AvgIpc) is 2.55. The highest BCUT2D eigenvalue weighted by Gasteiger charge is 2.50. The maximum atomic E-state index is 13.4. The first-order chi connectivity index (χ1) is 12.7. The summed E-state index contributed by atoms with van der Waals surface area (Å²) in [4.78, 5) is 0. The largest absolute Gasteiger partial charge is 0.346 e. The monoisotopic (exact) mass is 424 g/mol. The first-order valence-electron chi connectivity index (χ1n) is 9.75. The van der Waals surface area contributed by atoms with Gasteiger partial charge in [-0.25, -0.2) is 0 Å². The van der Waals surface area contributed by atoms with E-state index in [0.29, 0.717) is 0 Å². The zero-order valence-corrected chi connectivity index (χ0v) is 19.8. The van der Waals surface area contributed by atoms with Crippen molar-refractivity contribution < 1.29 is 27.2 Å². The van der Waals surface area contributed by atoms with E-state index in [9.17, 15) is 9.13 Å². The Morgan fingerprint density at radius 1 is 0.778 bits per heavy atom. The number of rotatable bonds is 15. The van der Waals surface area contributed by atoms with Crippen LogP contribution in [0.1, 0.15) is 67.7 Å². The van der Waals surface area contributed by atoms with Gasteiger partial charge in [0, 0.05) is 0 Å². The number of allylic oxidation sites excluding steroid dienone is 4. The van der Waals surface area contributed by atoms with E-state index in [1.165, 1.54) is 5.57 Å². The van der Waals surface area contributed by atoms with Gasteiger partial charge in [0.05, 0.1) is 26.4 Å². The molecule has 160 valence electrons. The SMILES string of the molecule is CCOP(=O)(OCC)C(C/C=C(\C)CCC=C(C)C)P(=O)(OCC)OCC. The van der Waals surface area contributed by atoms with Crippen molar-refractivity contribution >= 4 is 15.2 Å². The highest BCUT2D eigenvalue weighted by Crippen LogP contribution is 2.71. The molecule has 0 saturated heterocycles. The summed E-state index contributed by atoms with van der Waals surface area (Å²) in [7, 11) is -7.36. The van der Waals surface area contributed by atoms with Crippen molar-refractivity contribution in [2.75, 3.05) is 26.4 Å². The van der Waals surface area contributed by atoms with E-state index in [1.807, 2.05) is 13.0 Å². The van der Waals surface area contributed by atoms with Gasteiger partial charge >= 0.3 is 15.2 Å². The van der Waals surface area contributed by atoms with Crippen LogP contribution in [0.4, 0.5) is 0 Å². The van der Waals surface area contributed by atoms with E-state index in [4.69, 9.17) is 18.1 Å². The number of hydrogen-bond donors (Lipinski definition) is 0. The Labute approximate surface area is 165 Å². The van der Waals surface area contributed by atoms with Gasteiger partial charge in [-0.05, 0) is 67.7 Å². The van der Waals surface area contributed by atoms with Gasteiger partial charge in [0.25, 0.3) is 0 Å². The smallest absolute Gasteiger partial charge is 0.308 e. The van der Waals surface area contributed by atoms with Gasteiger partial charge in [-0.2, -0.15) is 0 Å². The van der Waals surface area contributed by atoms with Crippen LogP contribution >= 0.6 is 15.2 Å². The molecule has 0 radical (unpaired) electrons. The molecule has 0 heterocycles. The van der Waals surface area contributed by atoms with Crippen LogP contribution < -0.4 is 0 Å². The summed E-state index contributed by atoms with van der Waals surface area (Å²) in [5, 5.41) is -0.983. The Bertz CT molecular complexity index is 517. The second-order valence-electron chi connectivity index (χ2n) is 6.34. The fourth-order valence-electron chi connectivity index (χ4n) is 2.57. The molecule has 0 fully saturated rings. The standard InChI is InChI=1S/C19H38O6P2/c1-8-22-26(20,23-9-2)19(27(21,24-10-3)25-11-4)16-15-18(7)14-12-13-17(5)6/h13,15,19H,8-12,14,16H2,1-7H3/b18-15+. The highest BCUT2D eigenvalue weighted by atomic mass is 31.2. The third-order valence-corrected chi connectivity index (χ3v) is 9.79. The molecule has 0 aliphatic heterocycles. The van der Waals surface area contributed by atoms with Crippen molar-refractivity contribution in [3.05, 3.63) is 23.3 Å². The van der Waals surface area contributed by atoms with Gasteiger partial charge in [0.2, 0.25) is 0 Å². The molecule has 0 unspecified atom stereocenters. The summed E-state index contributed by atoms with van der Waals surface area (Å²) in [5.74, 6) is 0. The summed E-state index contributed by atoms with van der Waals surface area (Å²) in [5.41, 5.74) is 2.40. The van der Waals surface area contributed by atoms with Crippen LogP contribution in [0, 0.1) is 0 Å². The first-order valence-corrected chi connectivity index (χ1v) is 13.0. The maximum Gasteiger partial charge on any atom is 0.346 e. The number of hydrogen-bond acceptors (Lipinski definition) is 6. The second kappa shape index (κ2) is 13.9. The van der Waals surface area contributed by atoms with Crippen molar-refractivity contribution in [2.45, 2.75) is 73.1 Å². The summed E-state index contributed by atoms with van der Waals surface area (Å²) in [6.45, 7) is 13.8. The minimum absolute atomic E-state index is 0.190.